The van der Waals surface area contributed by atoms with Crippen molar-refractivity contribution in [3.63, 3.8) is 0 Å². The van der Waals surface area contributed by atoms with Crippen molar-refractivity contribution in [2.75, 3.05) is 18.1 Å². The summed E-state index contributed by atoms with van der Waals surface area (Å²) in [5.74, 6) is 3.87. The number of nitrogens with one attached hydrogen (secondary N) is 1. The van der Waals surface area contributed by atoms with Gasteiger partial charge in [0.25, 0.3) is 0 Å². The molecule has 3 nitrogen and oxygen atoms in total. The number of aliphatic imine (C=N–C) groups is 1. The SMILES string of the molecule is NC(=NCc1ccccc1)NCC1CCCSC1. The molecule has 0 bridgehead atoms. The van der Waals surface area contributed by atoms with Crippen molar-refractivity contribution >= 4 is 17.7 Å². The third-order valence-electron chi connectivity index (χ3n) is 3.10. The minimum atomic E-state index is 0.564. The van der Waals surface area contributed by atoms with Gasteiger partial charge in [-0.15, -0.1) is 0 Å². The van der Waals surface area contributed by atoms with Gasteiger partial charge in [-0.1, -0.05) is 30.3 Å². The maximum absolute atomic E-state index is 5.87. The number of guanidine groups is 1. The number of hydrogen-bond acceptors (Lipinski definition) is 2. The largest absolute Gasteiger partial charge is 0.370 e. The molecule has 0 spiro atoms. The first-order chi connectivity index (χ1) is 8.84. The second kappa shape index (κ2) is 7.31. The van der Waals surface area contributed by atoms with Crippen LogP contribution in [0.2, 0.25) is 0 Å². The third kappa shape index (κ3) is 4.61. The van der Waals surface area contributed by atoms with Crippen LogP contribution in [0.5, 0.6) is 0 Å². The lowest BCUT2D eigenvalue weighted by Crippen LogP contribution is -2.36. The van der Waals surface area contributed by atoms with Crippen molar-refractivity contribution in [3.8, 4) is 0 Å². The van der Waals surface area contributed by atoms with E-state index in [0.29, 0.717) is 12.5 Å². The minimum Gasteiger partial charge on any atom is -0.370 e. The molecule has 1 heterocycles. The summed E-state index contributed by atoms with van der Waals surface area (Å²) < 4.78 is 0. The van der Waals surface area contributed by atoms with E-state index in [2.05, 4.69) is 22.4 Å². The predicted octanol–water partition coefficient (Wildman–Crippen LogP) is 2.23. The standard InChI is InChI=1S/C14H21N3S/c15-14(16-9-12-5-2-1-3-6-12)17-10-13-7-4-8-18-11-13/h1-3,5-6,13H,4,7-11H2,(H3,15,16,17). The van der Waals surface area contributed by atoms with Gasteiger partial charge in [0.15, 0.2) is 5.96 Å². The number of nitrogens with zero attached hydrogens (tertiary/aromatic N) is 1. The average molecular weight is 263 g/mol. The fraction of sp³-hybridized carbons (Fsp3) is 0.500. The van der Waals surface area contributed by atoms with Gasteiger partial charge in [0.05, 0.1) is 6.54 Å². The molecule has 18 heavy (non-hydrogen) atoms. The molecule has 1 saturated heterocycles. The monoisotopic (exact) mass is 263 g/mol. The summed E-state index contributed by atoms with van der Waals surface area (Å²) in [6.07, 6.45) is 2.64. The average Bonchev–Trinajstić information content (AvgIpc) is 2.45. The summed E-state index contributed by atoms with van der Waals surface area (Å²) in [5, 5.41) is 3.24. The van der Waals surface area contributed by atoms with E-state index in [1.807, 2.05) is 30.0 Å². The van der Waals surface area contributed by atoms with E-state index < -0.39 is 0 Å². The maximum atomic E-state index is 5.87. The molecule has 0 aromatic heterocycles. The summed E-state index contributed by atoms with van der Waals surface area (Å²) >= 11 is 2.04. The highest BCUT2D eigenvalue weighted by Gasteiger charge is 2.13. The zero-order chi connectivity index (χ0) is 12.6. The molecule has 0 aliphatic carbocycles. The molecular formula is C14H21N3S. The lowest BCUT2D eigenvalue weighted by Gasteiger charge is -2.21. The zero-order valence-electron chi connectivity index (χ0n) is 10.6. The van der Waals surface area contributed by atoms with Crippen LogP contribution in [0.3, 0.4) is 0 Å². The van der Waals surface area contributed by atoms with E-state index in [9.17, 15) is 0 Å². The third-order valence-corrected chi connectivity index (χ3v) is 4.39. The van der Waals surface area contributed by atoms with E-state index in [1.54, 1.807) is 0 Å². The van der Waals surface area contributed by atoms with E-state index >= 15 is 0 Å². The lowest BCUT2D eigenvalue weighted by molar-refractivity contribution is 0.512. The molecule has 3 N–H and O–H groups in total. The highest BCUT2D eigenvalue weighted by Crippen LogP contribution is 2.21. The molecule has 1 fully saturated rings. The van der Waals surface area contributed by atoms with E-state index in [-0.39, 0.29) is 0 Å². The molecule has 0 saturated carbocycles. The maximum Gasteiger partial charge on any atom is 0.188 e. The Bertz CT molecular complexity index is 372. The van der Waals surface area contributed by atoms with Gasteiger partial charge in [0, 0.05) is 6.54 Å². The second-order valence-electron chi connectivity index (χ2n) is 4.65. The number of rotatable bonds is 4. The van der Waals surface area contributed by atoms with Gasteiger partial charge < -0.3 is 11.1 Å². The summed E-state index contributed by atoms with van der Waals surface area (Å²) in [5.41, 5.74) is 7.06. The topological polar surface area (TPSA) is 50.4 Å². The fourth-order valence-corrected chi connectivity index (χ4v) is 3.19. The van der Waals surface area contributed by atoms with Crippen LogP contribution in [0.15, 0.2) is 35.3 Å². The van der Waals surface area contributed by atoms with Crippen LogP contribution >= 0.6 is 11.8 Å². The van der Waals surface area contributed by atoms with Crippen LogP contribution < -0.4 is 11.1 Å². The van der Waals surface area contributed by atoms with Gasteiger partial charge in [0.2, 0.25) is 0 Å². The number of benzene rings is 1. The Balaban J connectivity index is 1.72. The molecule has 2 rings (SSSR count). The Hall–Kier alpha value is -1.16. The molecule has 1 aromatic carbocycles. The molecule has 98 valence electrons. The van der Waals surface area contributed by atoms with Crippen LogP contribution in [0.1, 0.15) is 18.4 Å². The first-order valence-electron chi connectivity index (χ1n) is 6.50. The van der Waals surface area contributed by atoms with E-state index in [0.717, 1.165) is 12.5 Å². The predicted molar refractivity (Wildman–Crippen MR) is 79.8 cm³/mol. The van der Waals surface area contributed by atoms with Crippen molar-refractivity contribution in [2.24, 2.45) is 16.6 Å². The van der Waals surface area contributed by atoms with Crippen LogP contribution in [-0.4, -0.2) is 24.0 Å². The van der Waals surface area contributed by atoms with Gasteiger partial charge in [-0.2, -0.15) is 11.8 Å². The van der Waals surface area contributed by atoms with Crippen molar-refractivity contribution < 1.29 is 0 Å². The molecule has 0 radical (unpaired) electrons. The van der Waals surface area contributed by atoms with Crippen LogP contribution in [0, 0.1) is 5.92 Å². The highest BCUT2D eigenvalue weighted by atomic mass is 32.2. The zero-order valence-corrected chi connectivity index (χ0v) is 11.5. The molecule has 4 heteroatoms. The smallest absolute Gasteiger partial charge is 0.188 e. The Kier molecular flexibility index (Phi) is 5.39. The van der Waals surface area contributed by atoms with Gasteiger partial charge >= 0.3 is 0 Å². The Morgan fingerprint density at radius 1 is 1.39 bits per heavy atom. The molecule has 1 atom stereocenters. The summed E-state index contributed by atoms with van der Waals surface area (Å²) in [4.78, 5) is 4.36. The first-order valence-corrected chi connectivity index (χ1v) is 7.65. The quantitative estimate of drug-likeness (QED) is 0.647. The van der Waals surface area contributed by atoms with Gasteiger partial charge in [-0.25, -0.2) is 4.99 Å². The van der Waals surface area contributed by atoms with Crippen LogP contribution in [-0.2, 0) is 6.54 Å². The number of nitrogens with two attached hydrogens (primary N) is 1. The van der Waals surface area contributed by atoms with E-state index in [4.69, 9.17) is 5.73 Å². The normalized spacial score (nSPS) is 20.7. The second-order valence-corrected chi connectivity index (χ2v) is 5.80. The lowest BCUT2D eigenvalue weighted by atomic mass is 10.1. The minimum absolute atomic E-state index is 0.564. The van der Waals surface area contributed by atoms with Gasteiger partial charge in [0.1, 0.15) is 0 Å². The highest BCUT2D eigenvalue weighted by molar-refractivity contribution is 7.99. The molecule has 1 aliphatic rings. The summed E-state index contributed by atoms with van der Waals surface area (Å²) in [6, 6.07) is 10.2. The first kappa shape index (κ1) is 13.3. The fourth-order valence-electron chi connectivity index (χ4n) is 2.03. The van der Waals surface area contributed by atoms with Gasteiger partial charge in [-0.3, -0.25) is 0 Å². The summed E-state index contributed by atoms with van der Waals surface area (Å²) in [7, 11) is 0. The number of hydrogen-bond donors (Lipinski definition) is 2. The summed E-state index contributed by atoms with van der Waals surface area (Å²) in [6.45, 7) is 1.61. The van der Waals surface area contributed by atoms with Crippen molar-refractivity contribution in [1.82, 2.24) is 5.32 Å². The number of thioether (sulfide) groups is 1. The molecule has 1 aromatic rings. The molecule has 0 amide bonds. The van der Waals surface area contributed by atoms with Crippen molar-refractivity contribution in [2.45, 2.75) is 19.4 Å². The van der Waals surface area contributed by atoms with Gasteiger partial charge in [-0.05, 0) is 35.8 Å². The molecule has 1 unspecified atom stereocenters. The Labute approximate surface area is 113 Å². The van der Waals surface area contributed by atoms with Crippen molar-refractivity contribution in [3.05, 3.63) is 35.9 Å². The molecule has 1 aliphatic heterocycles. The van der Waals surface area contributed by atoms with Crippen LogP contribution in [0.4, 0.5) is 0 Å². The van der Waals surface area contributed by atoms with Crippen LogP contribution in [0.25, 0.3) is 0 Å². The molecular weight excluding hydrogens is 242 g/mol. The Morgan fingerprint density at radius 3 is 2.94 bits per heavy atom. The van der Waals surface area contributed by atoms with Crippen molar-refractivity contribution in [1.29, 1.82) is 0 Å². The van der Waals surface area contributed by atoms with E-state index in [1.165, 1.54) is 29.9 Å². The Morgan fingerprint density at radius 2 is 2.22 bits per heavy atom.